The Morgan fingerprint density at radius 1 is 1.35 bits per heavy atom. The Morgan fingerprint density at radius 2 is 2.00 bits per heavy atom. The summed E-state index contributed by atoms with van der Waals surface area (Å²) in [5.74, 6) is -0.696. The van der Waals surface area contributed by atoms with Gasteiger partial charge >= 0.3 is 6.18 Å². The van der Waals surface area contributed by atoms with E-state index in [-0.39, 0.29) is 20.4 Å². The lowest BCUT2D eigenvalue weighted by Gasteiger charge is -2.12. The maximum absolute atomic E-state index is 12.4. The fourth-order valence-corrected chi connectivity index (χ4v) is 3.25. The average molecular weight is 384 g/mol. The normalized spacial score (nSPS) is 17.7. The number of halogens is 5. The first-order chi connectivity index (χ1) is 10.7. The lowest BCUT2D eigenvalue weighted by molar-refractivity contribution is -0.105. The van der Waals surface area contributed by atoms with Crippen molar-refractivity contribution >= 4 is 52.7 Å². The molecule has 1 fully saturated rings. The van der Waals surface area contributed by atoms with Crippen molar-refractivity contribution in [1.29, 1.82) is 0 Å². The van der Waals surface area contributed by atoms with Crippen molar-refractivity contribution < 1.29 is 13.2 Å². The van der Waals surface area contributed by atoms with Crippen molar-refractivity contribution in [2.24, 2.45) is 21.1 Å². The Bertz CT molecular complexity index is 655. The average Bonchev–Trinajstić information content (AvgIpc) is 3.21. The van der Waals surface area contributed by atoms with Crippen LogP contribution in [0.5, 0.6) is 0 Å². The van der Waals surface area contributed by atoms with Crippen molar-refractivity contribution in [2.75, 3.05) is 12.8 Å². The molecule has 0 saturated heterocycles. The van der Waals surface area contributed by atoms with Gasteiger partial charge in [0.05, 0.1) is 26.9 Å². The van der Waals surface area contributed by atoms with Gasteiger partial charge < -0.3 is 5.73 Å². The highest BCUT2D eigenvalue weighted by molar-refractivity contribution is 7.99. The van der Waals surface area contributed by atoms with Crippen LogP contribution in [0.2, 0.25) is 10.0 Å². The van der Waals surface area contributed by atoms with Gasteiger partial charge in [-0.1, -0.05) is 23.2 Å². The molecule has 23 heavy (non-hydrogen) atoms. The Labute approximate surface area is 146 Å². The number of amidine groups is 1. The van der Waals surface area contributed by atoms with Crippen LogP contribution in [0.15, 0.2) is 27.0 Å². The molecule has 9 heteroatoms. The molecule has 1 saturated carbocycles. The number of nitrogens with two attached hydrogens (primary N) is 1. The number of alkyl halides is 3. The van der Waals surface area contributed by atoms with E-state index in [0.717, 1.165) is 12.8 Å². The summed E-state index contributed by atoms with van der Waals surface area (Å²) in [5.41, 5.74) is 5.95. The molecule has 0 atom stereocenters. The second-order valence-corrected chi connectivity index (χ2v) is 7.01. The van der Waals surface area contributed by atoms with Crippen LogP contribution >= 0.6 is 35.0 Å². The van der Waals surface area contributed by atoms with Crippen LogP contribution in [0.1, 0.15) is 12.8 Å². The highest BCUT2D eigenvalue weighted by Crippen LogP contribution is 2.45. The lowest BCUT2D eigenvalue weighted by atomic mass is 10.1. The van der Waals surface area contributed by atoms with Crippen LogP contribution in [-0.2, 0) is 0 Å². The zero-order chi connectivity index (χ0) is 17.3. The Morgan fingerprint density at radius 3 is 2.52 bits per heavy atom. The number of benzene rings is 1. The topological polar surface area (TPSA) is 50.7 Å². The van der Waals surface area contributed by atoms with Crippen molar-refractivity contribution in [1.82, 2.24) is 0 Å². The molecule has 0 bridgehead atoms. The molecule has 0 aliphatic heterocycles. The molecule has 1 aromatic rings. The molecule has 0 radical (unpaired) electrons. The molecular formula is C14H14Cl2F3N3S. The molecular weight excluding hydrogens is 370 g/mol. The molecule has 0 heterocycles. The van der Waals surface area contributed by atoms with E-state index in [9.17, 15) is 13.2 Å². The van der Waals surface area contributed by atoms with Crippen molar-refractivity contribution in [3.05, 3.63) is 22.2 Å². The first kappa shape index (κ1) is 18.4. The summed E-state index contributed by atoms with van der Waals surface area (Å²) < 4.78 is 37.1. The summed E-state index contributed by atoms with van der Waals surface area (Å²) in [6, 6.07) is 2.80. The van der Waals surface area contributed by atoms with E-state index in [1.54, 1.807) is 13.3 Å². The molecule has 0 spiro atoms. The lowest BCUT2D eigenvalue weighted by Crippen LogP contribution is -2.26. The van der Waals surface area contributed by atoms with E-state index in [1.807, 2.05) is 0 Å². The van der Waals surface area contributed by atoms with E-state index in [4.69, 9.17) is 28.9 Å². The number of rotatable bonds is 5. The van der Waals surface area contributed by atoms with Gasteiger partial charge in [0.1, 0.15) is 5.84 Å². The number of thioether (sulfide) groups is 1. The van der Waals surface area contributed by atoms with Gasteiger partial charge in [-0.25, -0.2) is 4.99 Å². The summed E-state index contributed by atoms with van der Waals surface area (Å²) in [6.45, 7) is 0. The molecule has 1 aromatic carbocycles. The van der Waals surface area contributed by atoms with Crippen LogP contribution in [0, 0.1) is 5.41 Å². The minimum Gasteiger partial charge on any atom is -0.386 e. The Kier molecular flexibility index (Phi) is 5.53. The Balaban J connectivity index is 2.29. The Hall–Kier alpha value is -0.920. The van der Waals surface area contributed by atoms with Gasteiger partial charge in [0.2, 0.25) is 0 Å². The molecule has 0 unspecified atom stereocenters. The predicted octanol–water partition coefficient (Wildman–Crippen LogP) is 5.12. The van der Waals surface area contributed by atoms with Gasteiger partial charge in [-0.2, -0.15) is 13.2 Å². The molecule has 126 valence electrons. The van der Waals surface area contributed by atoms with Gasteiger partial charge in [0.15, 0.2) is 0 Å². The second-order valence-electron chi connectivity index (χ2n) is 5.18. The quantitative estimate of drug-likeness (QED) is 0.435. The number of hydrogen-bond donors (Lipinski definition) is 1. The summed E-state index contributed by atoms with van der Waals surface area (Å²) >= 11 is 12.6. The summed E-state index contributed by atoms with van der Waals surface area (Å²) in [6.07, 6.45) is -0.887. The highest BCUT2D eigenvalue weighted by Gasteiger charge is 2.45. The molecule has 2 N–H and O–H groups in total. The molecule has 0 amide bonds. The highest BCUT2D eigenvalue weighted by atomic mass is 35.5. The van der Waals surface area contributed by atoms with E-state index in [0.29, 0.717) is 23.3 Å². The SMILES string of the molecule is CN=CC1(C(N)=Nc2cc(SCC(F)(F)F)c(Cl)cc2Cl)CC1. The molecule has 1 aliphatic rings. The zero-order valence-corrected chi connectivity index (χ0v) is 14.5. The summed E-state index contributed by atoms with van der Waals surface area (Å²) in [5, 5.41) is 0.386. The monoisotopic (exact) mass is 383 g/mol. The third-order valence-corrected chi connectivity index (χ3v) is 5.16. The summed E-state index contributed by atoms with van der Waals surface area (Å²) in [4.78, 5) is 8.51. The third kappa shape index (κ3) is 4.78. The first-order valence-corrected chi connectivity index (χ1v) is 8.37. The van der Waals surface area contributed by atoms with Gasteiger partial charge in [-0.05, 0) is 25.0 Å². The molecule has 3 nitrogen and oxygen atoms in total. The standard InChI is InChI=1S/C14H14Cl2F3N3S/c1-21-6-13(2-3-13)12(20)22-10-5-11(9(16)4-8(10)15)23-7-14(17,18)19/h4-6H,2-3,7H2,1H3,(H2,20,22). The third-order valence-electron chi connectivity index (χ3n) is 3.31. The van der Waals surface area contributed by atoms with Gasteiger partial charge in [-0.3, -0.25) is 4.99 Å². The summed E-state index contributed by atoms with van der Waals surface area (Å²) in [7, 11) is 1.65. The number of hydrogen-bond acceptors (Lipinski definition) is 3. The maximum atomic E-state index is 12.4. The van der Waals surface area contributed by atoms with E-state index in [2.05, 4.69) is 9.98 Å². The van der Waals surface area contributed by atoms with Crippen LogP contribution in [0.3, 0.4) is 0 Å². The van der Waals surface area contributed by atoms with Crippen molar-refractivity contribution in [3.8, 4) is 0 Å². The first-order valence-electron chi connectivity index (χ1n) is 6.63. The van der Waals surface area contributed by atoms with Gasteiger partial charge in [-0.15, -0.1) is 11.8 Å². The molecule has 2 rings (SSSR count). The number of nitrogens with zero attached hydrogens (tertiary/aromatic N) is 2. The van der Waals surface area contributed by atoms with Crippen LogP contribution in [0.4, 0.5) is 18.9 Å². The smallest absolute Gasteiger partial charge is 0.386 e. The fourth-order valence-electron chi connectivity index (χ4n) is 1.95. The molecule has 1 aliphatic carbocycles. The van der Waals surface area contributed by atoms with E-state index < -0.39 is 11.9 Å². The molecule has 0 aromatic heterocycles. The van der Waals surface area contributed by atoms with E-state index in [1.165, 1.54) is 12.1 Å². The maximum Gasteiger partial charge on any atom is 0.398 e. The van der Waals surface area contributed by atoms with Crippen molar-refractivity contribution in [3.63, 3.8) is 0 Å². The minimum atomic E-state index is -4.29. The largest absolute Gasteiger partial charge is 0.398 e. The minimum absolute atomic E-state index is 0.151. The van der Waals surface area contributed by atoms with Gasteiger partial charge in [0.25, 0.3) is 0 Å². The number of aliphatic imine (C=N–C) groups is 2. The van der Waals surface area contributed by atoms with Crippen LogP contribution < -0.4 is 5.73 Å². The predicted molar refractivity (Wildman–Crippen MR) is 90.6 cm³/mol. The van der Waals surface area contributed by atoms with Crippen LogP contribution in [0.25, 0.3) is 0 Å². The van der Waals surface area contributed by atoms with Gasteiger partial charge in [0, 0.05) is 18.2 Å². The van der Waals surface area contributed by atoms with Crippen LogP contribution in [-0.4, -0.2) is 31.0 Å². The zero-order valence-electron chi connectivity index (χ0n) is 12.1. The van der Waals surface area contributed by atoms with Crippen molar-refractivity contribution in [2.45, 2.75) is 23.9 Å². The second kappa shape index (κ2) is 6.91. The fraction of sp³-hybridized carbons (Fsp3) is 0.429. The van der Waals surface area contributed by atoms with E-state index >= 15 is 0 Å².